The van der Waals surface area contributed by atoms with Crippen LogP contribution in [0.4, 0.5) is 0 Å². The van der Waals surface area contributed by atoms with Crippen molar-refractivity contribution in [1.29, 1.82) is 0 Å². The Labute approximate surface area is 160 Å². The van der Waals surface area contributed by atoms with Gasteiger partial charge in [0.2, 0.25) is 15.9 Å². The summed E-state index contributed by atoms with van der Waals surface area (Å²) in [5, 5.41) is 2.77. The van der Waals surface area contributed by atoms with Gasteiger partial charge in [0, 0.05) is 13.1 Å². The van der Waals surface area contributed by atoms with E-state index in [0.717, 1.165) is 5.56 Å². The summed E-state index contributed by atoms with van der Waals surface area (Å²) in [5.41, 5.74) is 1.63. The molecule has 1 amide bonds. The molecule has 1 saturated heterocycles. The van der Waals surface area contributed by atoms with E-state index in [4.69, 9.17) is 4.74 Å². The van der Waals surface area contributed by atoms with Crippen LogP contribution >= 0.6 is 0 Å². The highest BCUT2D eigenvalue weighted by atomic mass is 32.2. The Balaban J connectivity index is 1.96. The topological polar surface area (TPSA) is 75.7 Å². The molecule has 0 radical (unpaired) electrons. The van der Waals surface area contributed by atoms with Gasteiger partial charge >= 0.3 is 0 Å². The maximum absolute atomic E-state index is 13.2. The molecule has 27 heavy (non-hydrogen) atoms. The molecule has 1 N–H and O–H groups in total. The quantitative estimate of drug-likeness (QED) is 0.854. The predicted molar refractivity (Wildman–Crippen MR) is 103 cm³/mol. The Bertz CT molecular complexity index is 923. The number of nitrogens with zero attached hydrogens (tertiary/aromatic N) is 1. The van der Waals surface area contributed by atoms with Crippen LogP contribution in [-0.2, 0) is 14.8 Å². The van der Waals surface area contributed by atoms with Crippen LogP contribution < -0.4 is 10.1 Å². The number of nitrogens with one attached hydrogen (secondary N) is 1. The number of hydrogen-bond acceptors (Lipinski definition) is 4. The summed E-state index contributed by atoms with van der Waals surface area (Å²) in [4.78, 5) is 12.7. The number of aryl methyl sites for hydroxylation is 1. The highest BCUT2D eigenvalue weighted by Crippen LogP contribution is 2.30. The van der Waals surface area contributed by atoms with Gasteiger partial charge in [0.15, 0.2) is 0 Å². The zero-order valence-electron chi connectivity index (χ0n) is 15.7. The van der Waals surface area contributed by atoms with Crippen LogP contribution in [0.3, 0.4) is 0 Å². The third kappa shape index (κ3) is 4.14. The fourth-order valence-corrected chi connectivity index (χ4v) is 4.74. The highest BCUT2D eigenvalue weighted by molar-refractivity contribution is 7.89. The molecule has 0 aliphatic carbocycles. The standard InChI is InChI=1S/C20H24N2O4S/c1-14(2)26-17-7-9-18(10-8-17)27(24,25)22-12-11-21-20(23)19(22)16-6-4-5-15(3)13-16/h4-10,13-14,19H,11-12H2,1-3H3,(H,21,23). The molecule has 2 aromatic rings. The molecule has 1 unspecified atom stereocenters. The van der Waals surface area contributed by atoms with Crippen molar-refractivity contribution >= 4 is 15.9 Å². The number of piperazine rings is 1. The second kappa shape index (κ2) is 7.70. The van der Waals surface area contributed by atoms with Crippen LogP contribution in [0.5, 0.6) is 5.75 Å². The second-order valence-corrected chi connectivity index (χ2v) is 8.75. The van der Waals surface area contributed by atoms with Crippen LogP contribution in [0, 0.1) is 6.92 Å². The summed E-state index contributed by atoms with van der Waals surface area (Å²) in [6, 6.07) is 12.8. The minimum atomic E-state index is -3.83. The van der Waals surface area contributed by atoms with E-state index in [9.17, 15) is 13.2 Å². The summed E-state index contributed by atoms with van der Waals surface area (Å²) in [5.74, 6) is 0.297. The molecule has 0 aromatic heterocycles. The van der Waals surface area contributed by atoms with Gasteiger partial charge < -0.3 is 10.1 Å². The van der Waals surface area contributed by atoms with Gasteiger partial charge in [-0.05, 0) is 50.6 Å². The van der Waals surface area contributed by atoms with Gasteiger partial charge in [-0.1, -0.05) is 29.8 Å². The minimum absolute atomic E-state index is 0.00366. The molecular weight excluding hydrogens is 364 g/mol. The lowest BCUT2D eigenvalue weighted by Gasteiger charge is -2.34. The van der Waals surface area contributed by atoms with E-state index < -0.39 is 16.1 Å². The lowest BCUT2D eigenvalue weighted by Crippen LogP contribution is -2.52. The van der Waals surface area contributed by atoms with E-state index in [0.29, 0.717) is 11.3 Å². The smallest absolute Gasteiger partial charge is 0.244 e. The lowest BCUT2D eigenvalue weighted by molar-refractivity contribution is -0.126. The molecule has 0 spiro atoms. The van der Waals surface area contributed by atoms with Crippen molar-refractivity contribution in [3.05, 3.63) is 59.7 Å². The SMILES string of the molecule is Cc1cccc(C2C(=O)NCCN2S(=O)(=O)c2ccc(OC(C)C)cc2)c1. The van der Waals surface area contributed by atoms with E-state index in [1.54, 1.807) is 18.2 Å². The van der Waals surface area contributed by atoms with Gasteiger partial charge in [-0.25, -0.2) is 8.42 Å². The number of benzene rings is 2. The third-order valence-corrected chi connectivity index (χ3v) is 6.21. The third-order valence-electron chi connectivity index (χ3n) is 4.33. The summed E-state index contributed by atoms with van der Waals surface area (Å²) < 4.78 is 33.3. The summed E-state index contributed by atoms with van der Waals surface area (Å²) in [6.07, 6.45) is 0.00366. The largest absolute Gasteiger partial charge is 0.491 e. The first-order chi connectivity index (χ1) is 12.8. The molecule has 2 aromatic carbocycles. The Morgan fingerprint density at radius 3 is 2.48 bits per heavy atom. The monoisotopic (exact) mass is 388 g/mol. The van der Waals surface area contributed by atoms with Crippen molar-refractivity contribution in [1.82, 2.24) is 9.62 Å². The number of amides is 1. The first-order valence-electron chi connectivity index (χ1n) is 8.92. The molecule has 144 valence electrons. The summed E-state index contributed by atoms with van der Waals surface area (Å²) in [7, 11) is -3.83. The van der Waals surface area contributed by atoms with Gasteiger partial charge in [-0.15, -0.1) is 0 Å². The number of hydrogen-bond donors (Lipinski definition) is 1. The molecule has 1 atom stereocenters. The zero-order valence-corrected chi connectivity index (χ0v) is 16.5. The maximum atomic E-state index is 13.2. The molecule has 1 aliphatic heterocycles. The van der Waals surface area contributed by atoms with Gasteiger partial charge in [-0.2, -0.15) is 4.31 Å². The molecule has 7 heteroatoms. The van der Waals surface area contributed by atoms with Crippen LogP contribution in [0.1, 0.15) is 31.0 Å². The summed E-state index contributed by atoms with van der Waals surface area (Å²) in [6.45, 7) is 6.23. The van der Waals surface area contributed by atoms with E-state index >= 15 is 0 Å². The average Bonchev–Trinajstić information content (AvgIpc) is 2.61. The van der Waals surface area contributed by atoms with Gasteiger partial charge in [-0.3, -0.25) is 4.79 Å². The molecule has 3 rings (SSSR count). The van der Waals surface area contributed by atoms with Crippen LogP contribution in [0.2, 0.25) is 0 Å². The zero-order chi connectivity index (χ0) is 19.6. The van der Waals surface area contributed by atoms with Crippen molar-refractivity contribution < 1.29 is 17.9 Å². The van der Waals surface area contributed by atoms with E-state index in [-0.39, 0.29) is 30.0 Å². The molecule has 6 nitrogen and oxygen atoms in total. The van der Waals surface area contributed by atoms with Crippen LogP contribution in [0.25, 0.3) is 0 Å². The Morgan fingerprint density at radius 1 is 1.15 bits per heavy atom. The fourth-order valence-electron chi connectivity index (χ4n) is 3.16. The lowest BCUT2D eigenvalue weighted by atomic mass is 10.0. The average molecular weight is 388 g/mol. The van der Waals surface area contributed by atoms with Gasteiger partial charge in [0.05, 0.1) is 11.0 Å². The number of carbonyl (C=O) groups excluding carboxylic acids is 1. The van der Waals surface area contributed by atoms with Crippen LogP contribution in [0.15, 0.2) is 53.4 Å². The maximum Gasteiger partial charge on any atom is 0.244 e. The Morgan fingerprint density at radius 2 is 1.85 bits per heavy atom. The predicted octanol–water partition coefficient (Wildman–Crippen LogP) is 2.64. The van der Waals surface area contributed by atoms with Crippen molar-refractivity contribution in [2.75, 3.05) is 13.1 Å². The minimum Gasteiger partial charge on any atom is -0.491 e. The fraction of sp³-hybridized carbons (Fsp3) is 0.350. The number of sulfonamides is 1. The van der Waals surface area contributed by atoms with Gasteiger partial charge in [0.25, 0.3) is 0 Å². The molecule has 1 heterocycles. The molecule has 1 fully saturated rings. The summed E-state index contributed by atoms with van der Waals surface area (Å²) >= 11 is 0. The molecular formula is C20H24N2O4S. The van der Waals surface area contributed by atoms with Crippen molar-refractivity contribution in [2.45, 2.75) is 37.8 Å². The first kappa shape index (κ1) is 19.4. The van der Waals surface area contributed by atoms with Crippen LogP contribution in [-0.4, -0.2) is 37.8 Å². The van der Waals surface area contributed by atoms with Crippen molar-refractivity contribution in [3.63, 3.8) is 0 Å². The van der Waals surface area contributed by atoms with E-state index in [1.807, 2.05) is 39.0 Å². The molecule has 1 aliphatic rings. The Kier molecular flexibility index (Phi) is 5.53. The Hall–Kier alpha value is -2.38. The van der Waals surface area contributed by atoms with Crippen molar-refractivity contribution in [3.8, 4) is 5.75 Å². The number of ether oxygens (including phenoxy) is 1. The number of rotatable bonds is 5. The normalized spacial score (nSPS) is 18.4. The first-order valence-corrected chi connectivity index (χ1v) is 10.4. The van der Waals surface area contributed by atoms with E-state index in [2.05, 4.69) is 5.32 Å². The number of carbonyl (C=O) groups is 1. The molecule has 0 saturated carbocycles. The highest BCUT2D eigenvalue weighted by Gasteiger charge is 2.39. The van der Waals surface area contributed by atoms with Crippen molar-refractivity contribution in [2.24, 2.45) is 0 Å². The van der Waals surface area contributed by atoms with E-state index in [1.165, 1.54) is 16.4 Å². The second-order valence-electron chi connectivity index (χ2n) is 6.86. The molecule has 0 bridgehead atoms. The van der Waals surface area contributed by atoms with Gasteiger partial charge in [0.1, 0.15) is 11.8 Å².